The zero-order valence-electron chi connectivity index (χ0n) is 10.2. The van der Waals surface area contributed by atoms with Crippen LogP contribution < -0.4 is 14.8 Å². The molecular weight excluding hydrogens is 214 g/mol. The molecule has 3 nitrogen and oxygen atoms in total. The van der Waals surface area contributed by atoms with Crippen molar-refractivity contribution in [1.82, 2.24) is 5.32 Å². The summed E-state index contributed by atoms with van der Waals surface area (Å²) in [5.41, 5.74) is 1.34. The van der Waals surface area contributed by atoms with E-state index in [1.54, 1.807) is 0 Å². The van der Waals surface area contributed by atoms with Crippen LogP contribution in [0.25, 0.3) is 0 Å². The van der Waals surface area contributed by atoms with E-state index in [0.717, 1.165) is 18.0 Å². The monoisotopic (exact) mass is 233 g/mol. The van der Waals surface area contributed by atoms with E-state index in [1.165, 1.54) is 18.4 Å². The summed E-state index contributed by atoms with van der Waals surface area (Å²) in [5.74, 6) is 2.32. The largest absolute Gasteiger partial charge is 0.486 e. The lowest BCUT2D eigenvalue weighted by molar-refractivity contribution is 0.171. The maximum absolute atomic E-state index is 5.63. The summed E-state index contributed by atoms with van der Waals surface area (Å²) in [6.45, 7) is 4.76. The zero-order chi connectivity index (χ0) is 11.7. The van der Waals surface area contributed by atoms with Crippen molar-refractivity contribution in [1.29, 1.82) is 0 Å². The summed E-state index contributed by atoms with van der Waals surface area (Å²) in [6.07, 6.45) is 2.56. The van der Waals surface area contributed by atoms with Crippen LogP contribution >= 0.6 is 0 Å². The van der Waals surface area contributed by atoms with Gasteiger partial charge in [0.1, 0.15) is 13.2 Å². The first-order valence-electron chi connectivity index (χ1n) is 6.47. The van der Waals surface area contributed by atoms with Gasteiger partial charge in [-0.3, -0.25) is 0 Å². The zero-order valence-corrected chi connectivity index (χ0v) is 10.2. The van der Waals surface area contributed by atoms with E-state index in [9.17, 15) is 0 Å². The van der Waals surface area contributed by atoms with Crippen molar-refractivity contribution in [3.63, 3.8) is 0 Å². The van der Waals surface area contributed by atoms with Gasteiger partial charge in [-0.2, -0.15) is 0 Å². The van der Waals surface area contributed by atoms with Gasteiger partial charge in [0, 0.05) is 6.04 Å². The van der Waals surface area contributed by atoms with E-state index in [-0.39, 0.29) is 0 Å². The van der Waals surface area contributed by atoms with Gasteiger partial charge >= 0.3 is 0 Å². The molecule has 92 valence electrons. The Morgan fingerprint density at radius 1 is 1.24 bits per heavy atom. The highest BCUT2D eigenvalue weighted by Gasteiger charge is 2.23. The number of ether oxygens (including phenoxy) is 2. The molecule has 2 heterocycles. The molecule has 2 aliphatic heterocycles. The SMILES string of the molecule is CC(c1ccc2c(c1)OCCO2)C1CCCN1. The standard InChI is InChI=1S/C14H19NO2/c1-10(12-3-2-6-15-12)11-4-5-13-14(9-11)17-8-7-16-13/h4-5,9-10,12,15H,2-3,6-8H2,1H3. The second-order valence-corrected chi connectivity index (χ2v) is 4.89. The van der Waals surface area contributed by atoms with Crippen molar-refractivity contribution < 1.29 is 9.47 Å². The normalized spacial score (nSPS) is 24.6. The Morgan fingerprint density at radius 2 is 2.06 bits per heavy atom. The fourth-order valence-corrected chi connectivity index (χ4v) is 2.71. The molecule has 2 atom stereocenters. The summed E-state index contributed by atoms with van der Waals surface area (Å²) < 4.78 is 11.2. The molecule has 0 amide bonds. The van der Waals surface area contributed by atoms with Crippen LogP contribution in [0.2, 0.25) is 0 Å². The average molecular weight is 233 g/mol. The first-order valence-corrected chi connectivity index (χ1v) is 6.47. The maximum atomic E-state index is 5.63. The van der Waals surface area contributed by atoms with Crippen LogP contribution in [0.5, 0.6) is 11.5 Å². The molecule has 1 aromatic rings. The molecule has 1 fully saturated rings. The number of fused-ring (bicyclic) bond motifs is 1. The van der Waals surface area contributed by atoms with E-state index in [0.29, 0.717) is 25.2 Å². The lowest BCUT2D eigenvalue weighted by Crippen LogP contribution is -2.27. The predicted molar refractivity (Wildman–Crippen MR) is 66.9 cm³/mol. The van der Waals surface area contributed by atoms with E-state index >= 15 is 0 Å². The molecule has 1 saturated heterocycles. The Balaban J connectivity index is 1.82. The molecule has 3 heteroatoms. The molecule has 0 aliphatic carbocycles. The first-order chi connectivity index (χ1) is 8.34. The van der Waals surface area contributed by atoms with Gasteiger partial charge < -0.3 is 14.8 Å². The lowest BCUT2D eigenvalue weighted by Gasteiger charge is -2.23. The quantitative estimate of drug-likeness (QED) is 0.850. The molecule has 3 rings (SSSR count). The number of benzene rings is 1. The van der Waals surface area contributed by atoms with E-state index < -0.39 is 0 Å². The first kappa shape index (κ1) is 10.9. The van der Waals surface area contributed by atoms with E-state index in [1.807, 2.05) is 6.07 Å². The van der Waals surface area contributed by atoms with Crippen molar-refractivity contribution in [2.75, 3.05) is 19.8 Å². The molecule has 0 radical (unpaired) electrons. The number of rotatable bonds is 2. The highest BCUT2D eigenvalue weighted by molar-refractivity contribution is 5.45. The summed E-state index contributed by atoms with van der Waals surface area (Å²) in [5, 5.41) is 3.56. The van der Waals surface area contributed by atoms with Gasteiger partial charge in [-0.25, -0.2) is 0 Å². The molecule has 0 aromatic heterocycles. The Kier molecular flexibility index (Phi) is 2.93. The Labute approximate surface area is 102 Å². The predicted octanol–water partition coefficient (Wildman–Crippen LogP) is 2.31. The van der Waals surface area contributed by atoms with Crippen molar-refractivity contribution in [3.05, 3.63) is 23.8 Å². The molecule has 2 aliphatic rings. The fourth-order valence-electron chi connectivity index (χ4n) is 2.71. The molecule has 1 aromatic carbocycles. The van der Waals surface area contributed by atoms with Crippen LogP contribution in [0.15, 0.2) is 18.2 Å². The number of nitrogens with one attached hydrogen (secondary N) is 1. The van der Waals surface area contributed by atoms with Gasteiger partial charge in [0.25, 0.3) is 0 Å². The van der Waals surface area contributed by atoms with Crippen LogP contribution in [-0.2, 0) is 0 Å². The minimum Gasteiger partial charge on any atom is -0.486 e. The van der Waals surface area contributed by atoms with Crippen LogP contribution in [0, 0.1) is 0 Å². The van der Waals surface area contributed by atoms with Gasteiger partial charge in [-0.15, -0.1) is 0 Å². The molecule has 1 N–H and O–H groups in total. The fraction of sp³-hybridized carbons (Fsp3) is 0.571. The van der Waals surface area contributed by atoms with Crippen molar-refractivity contribution in [3.8, 4) is 11.5 Å². The third kappa shape index (κ3) is 2.12. The molecule has 2 unspecified atom stereocenters. The van der Waals surface area contributed by atoms with Crippen molar-refractivity contribution >= 4 is 0 Å². The van der Waals surface area contributed by atoms with Crippen molar-refractivity contribution in [2.24, 2.45) is 0 Å². The second-order valence-electron chi connectivity index (χ2n) is 4.89. The summed E-state index contributed by atoms with van der Waals surface area (Å²) in [4.78, 5) is 0. The summed E-state index contributed by atoms with van der Waals surface area (Å²) in [6, 6.07) is 6.95. The minimum atomic E-state index is 0.535. The maximum Gasteiger partial charge on any atom is 0.161 e. The smallest absolute Gasteiger partial charge is 0.161 e. The molecule has 0 spiro atoms. The number of hydrogen-bond acceptors (Lipinski definition) is 3. The third-order valence-electron chi connectivity index (χ3n) is 3.79. The van der Waals surface area contributed by atoms with E-state index in [2.05, 4.69) is 24.4 Å². The van der Waals surface area contributed by atoms with Crippen molar-refractivity contribution in [2.45, 2.75) is 31.7 Å². The van der Waals surface area contributed by atoms with Crippen LogP contribution in [-0.4, -0.2) is 25.8 Å². The van der Waals surface area contributed by atoms with Gasteiger partial charge in [0.2, 0.25) is 0 Å². The summed E-state index contributed by atoms with van der Waals surface area (Å²) in [7, 11) is 0. The third-order valence-corrected chi connectivity index (χ3v) is 3.79. The van der Waals surface area contributed by atoms with Gasteiger partial charge in [0.15, 0.2) is 11.5 Å². The molecule has 0 bridgehead atoms. The highest BCUT2D eigenvalue weighted by atomic mass is 16.6. The second kappa shape index (κ2) is 4.57. The van der Waals surface area contributed by atoms with Crippen LogP contribution in [0.3, 0.4) is 0 Å². The van der Waals surface area contributed by atoms with E-state index in [4.69, 9.17) is 9.47 Å². The molecule has 0 saturated carbocycles. The average Bonchev–Trinajstić information content (AvgIpc) is 2.91. The molecule has 17 heavy (non-hydrogen) atoms. The Hall–Kier alpha value is -1.22. The Morgan fingerprint density at radius 3 is 2.82 bits per heavy atom. The number of hydrogen-bond donors (Lipinski definition) is 1. The minimum absolute atomic E-state index is 0.535. The lowest BCUT2D eigenvalue weighted by atomic mass is 9.92. The topological polar surface area (TPSA) is 30.5 Å². The molecular formula is C14H19NO2. The summed E-state index contributed by atoms with van der Waals surface area (Å²) >= 11 is 0. The highest BCUT2D eigenvalue weighted by Crippen LogP contribution is 2.34. The van der Waals surface area contributed by atoms with Gasteiger partial charge in [0.05, 0.1) is 0 Å². The van der Waals surface area contributed by atoms with Gasteiger partial charge in [-0.1, -0.05) is 13.0 Å². The van der Waals surface area contributed by atoms with Crippen LogP contribution in [0.4, 0.5) is 0 Å². The Bertz CT molecular complexity index is 399. The van der Waals surface area contributed by atoms with Crippen LogP contribution in [0.1, 0.15) is 31.2 Å². The van der Waals surface area contributed by atoms with Gasteiger partial charge in [-0.05, 0) is 43.0 Å².